The fourth-order valence-corrected chi connectivity index (χ4v) is 1.27. The van der Waals surface area contributed by atoms with Gasteiger partial charge in [-0.2, -0.15) is 0 Å². The number of benzene rings is 1. The predicted octanol–water partition coefficient (Wildman–Crippen LogP) is 3.91. The van der Waals surface area contributed by atoms with Crippen molar-refractivity contribution in [2.24, 2.45) is 5.92 Å². The van der Waals surface area contributed by atoms with Crippen LogP contribution in [0.4, 0.5) is 5.69 Å². The summed E-state index contributed by atoms with van der Waals surface area (Å²) in [6.07, 6.45) is 1.23. The second-order valence-electron chi connectivity index (χ2n) is 3.40. The molecular formula is C11H16BrN. The van der Waals surface area contributed by atoms with Crippen LogP contribution in [0.25, 0.3) is 0 Å². The van der Waals surface area contributed by atoms with E-state index in [9.17, 15) is 0 Å². The maximum Gasteiger partial charge on any atom is 0.0341 e. The third-order valence-electron chi connectivity index (χ3n) is 2.20. The molecule has 1 rings (SSSR count). The minimum absolute atomic E-state index is 0.739. The van der Waals surface area contributed by atoms with E-state index in [1.165, 1.54) is 12.1 Å². The van der Waals surface area contributed by atoms with Gasteiger partial charge in [-0.15, -0.1) is 0 Å². The summed E-state index contributed by atoms with van der Waals surface area (Å²) in [6.45, 7) is 5.53. The van der Waals surface area contributed by atoms with Gasteiger partial charge in [0.05, 0.1) is 0 Å². The van der Waals surface area contributed by atoms with Crippen LogP contribution >= 0.6 is 15.9 Å². The van der Waals surface area contributed by atoms with Crippen molar-refractivity contribution >= 4 is 21.6 Å². The molecule has 1 nitrogen and oxygen atoms in total. The summed E-state index contributed by atoms with van der Waals surface area (Å²) in [6, 6.07) is 8.29. The van der Waals surface area contributed by atoms with Gasteiger partial charge in [-0.1, -0.05) is 36.2 Å². The molecular weight excluding hydrogens is 226 g/mol. The van der Waals surface area contributed by atoms with Gasteiger partial charge in [-0.25, -0.2) is 0 Å². The number of rotatable bonds is 4. The van der Waals surface area contributed by atoms with Crippen molar-refractivity contribution in [2.45, 2.75) is 20.3 Å². The molecule has 0 aliphatic carbocycles. The number of halogens is 1. The summed E-state index contributed by atoms with van der Waals surface area (Å²) >= 11 is 3.41. The lowest BCUT2D eigenvalue weighted by atomic mass is 10.1. The second kappa shape index (κ2) is 5.28. The van der Waals surface area contributed by atoms with E-state index in [-0.39, 0.29) is 0 Å². The Morgan fingerprint density at radius 3 is 2.46 bits per heavy atom. The quantitative estimate of drug-likeness (QED) is 0.844. The Bertz CT molecular complexity index is 243. The molecule has 13 heavy (non-hydrogen) atoms. The fraction of sp³-hybridized carbons (Fsp3) is 0.455. The molecule has 0 saturated heterocycles. The molecule has 1 aromatic rings. The molecule has 0 aliphatic heterocycles. The van der Waals surface area contributed by atoms with Gasteiger partial charge in [0.15, 0.2) is 0 Å². The Hall–Kier alpha value is -0.500. The van der Waals surface area contributed by atoms with Crippen LogP contribution in [0.3, 0.4) is 0 Å². The van der Waals surface area contributed by atoms with Crippen molar-refractivity contribution in [1.82, 2.24) is 0 Å². The van der Waals surface area contributed by atoms with Crippen LogP contribution in [0.1, 0.15) is 20.3 Å². The van der Waals surface area contributed by atoms with Gasteiger partial charge in [0.1, 0.15) is 0 Å². The number of hydrogen-bond acceptors (Lipinski definition) is 1. The molecule has 0 spiro atoms. The molecule has 0 saturated carbocycles. The maximum atomic E-state index is 3.41. The lowest BCUT2D eigenvalue weighted by Gasteiger charge is -2.10. The largest absolute Gasteiger partial charge is 0.385 e. The van der Waals surface area contributed by atoms with Crippen molar-refractivity contribution in [3.63, 3.8) is 0 Å². The van der Waals surface area contributed by atoms with E-state index in [4.69, 9.17) is 0 Å². The molecule has 0 bridgehead atoms. The summed E-state index contributed by atoms with van der Waals surface area (Å²) in [5.74, 6) is 0.739. The maximum absolute atomic E-state index is 3.41. The van der Waals surface area contributed by atoms with Crippen molar-refractivity contribution in [3.05, 3.63) is 28.7 Å². The summed E-state index contributed by atoms with van der Waals surface area (Å²) < 4.78 is 1.13. The first kappa shape index (κ1) is 10.6. The molecule has 0 radical (unpaired) electrons. The second-order valence-corrected chi connectivity index (χ2v) is 4.32. The molecule has 1 unspecified atom stereocenters. The molecule has 0 fully saturated rings. The van der Waals surface area contributed by atoms with Gasteiger partial charge in [-0.05, 0) is 30.2 Å². The summed E-state index contributed by atoms with van der Waals surface area (Å²) in [5.41, 5.74) is 1.20. The van der Waals surface area contributed by atoms with Gasteiger partial charge < -0.3 is 5.32 Å². The van der Waals surface area contributed by atoms with Crippen LogP contribution in [0, 0.1) is 5.92 Å². The lowest BCUT2D eigenvalue weighted by molar-refractivity contribution is 0.593. The third kappa shape index (κ3) is 3.81. The Labute approximate surface area is 88.7 Å². The summed E-state index contributed by atoms with van der Waals surface area (Å²) in [7, 11) is 0. The molecule has 1 aromatic carbocycles. The van der Waals surface area contributed by atoms with E-state index in [0.717, 1.165) is 16.9 Å². The van der Waals surface area contributed by atoms with Gasteiger partial charge >= 0.3 is 0 Å². The van der Waals surface area contributed by atoms with Crippen LogP contribution in [-0.2, 0) is 0 Å². The molecule has 0 heterocycles. The number of anilines is 1. The van der Waals surface area contributed by atoms with Gasteiger partial charge in [0, 0.05) is 16.7 Å². The highest BCUT2D eigenvalue weighted by Gasteiger charge is 1.97. The van der Waals surface area contributed by atoms with Crippen LogP contribution in [0.15, 0.2) is 28.7 Å². The standard InChI is InChI=1S/C11H16BrN/c1-3-9(2)8-13-11-6-4-10(12)5-7-11/h4-7,9,13H,3,8H2,1-2H3. The highest BCUT2D eigenvalue weighted by Crippen LogP contribution is 2.14. The fourth-order valence-electron chi connectivity index (χ4n) is 1.00. The minimum atomic E-state index is 0.739. The summed E-state index contributed by atoms with van der Waals surface area (Å²) in [4.78, 5) is 0. The lowest BCUT2D eigenvalue weighted by Crippen LogP contribution is -2.09. The smallest absolute Gasteiger partial charge is 0.0341 e. The van der Waals surface area contributed by atoms with E-state index < -0.39 is 0 Å². The molecule has 0 aliphatic rings. The number of nitrogens with one attached hydrogen (secondary N) is 1. The Morgan fingerprint density at radius 2 is 1.92 bits per heavy atom. The molecule has 2 heteroatoms. The van der Waals surface area contributed by atoms with Gasteiger partial charge in [-0.3, -0.25) is 0 Å². The van der Waals surface area contributed by atoms with Crippen molar-refractivity contribution in [2.75, 3.05) is 11.9 Å². The van der Waals surface area contributed by atoms with Gasteiger partial charge in [0.2, 0.25) is 0 Å². The van der Waals surface area contributed by atoms with Crippen molar-refractivity contribution in [3.8, 4) is 0 Å². The van der Waals surface area contributed by atoms with Crippen LogP contribution in [0.2, 0.25) is 0 Å². The van der Waals surface area contributed by atoms with Gasteiger partial charge in [0.25, 0.3) is 0 Å². The molecule has 0 amide bonds. The minimum Gasteiger partial charge on any atom is -0.385 e. The molecule has 72 valence electrons. The monoisotopic (exact) mass is 241 g/mol. The topological polar surface area (TPSA) is 12.0 Å². The van der Waals surface area contributed by atoms with Crippen molar-refractivity contribution in [1.29, 1.82) is 0 Å². The first-order valence-corrected chi connectivity index (χ1v) is 5.51. The molecule has 0 aromatic heterocycles. The van der Waals surface area contributed by atoms with Crippen molar-refractivity contribution < 1.29 is 0 Å². The Balaban J connectivity index is 2.41. The van der Waals surface area contributed by atoms with Crippen LogP contribution in [0.5, 0.6) is 0 Å². The SMILES string of the molecule is CCC(C)CNc1ccc(Br)cc1. The van der Waals surface area contributed by atoms with E-state index in [2.05, 4.69) is 59.4 Å². The highest BCUT2D eigenvalue weighted by atomic mass is 79.9. The van der Waals surface area contributed by atoms with E-state index in [0.29, 0.717) is 0 Å². The zero-order valence-electron chi connectivity index (χ0n) is 8.18. The molecule has 1 atom stereocenters. The third-order valence-corrected chi connectivity index (χ3v) is 2.72. The predicted molar refractivity (Wildman–Crippen MR) is 62.1 cm³/mol. The Kier molecular flexibility index (Phi) is 4.29. The Morgan fingerprint density at radius 1 is 1.31 bits per heavy atom. The average Bonchev–Trinajstić information content (AvgIpc) is 2.16. The normalized spacial score (nSPS) is 12.5. The van der Waals surface area contributed by atoms with E-state index in [1.54, 1.807) is 0 Å². The molecule has 1 N–H and O–H groups in total. The van der Waals surface area contributed by atoms with Crippen LogP contribution < -0.4 is 5.32 Å². The van der Waals surface area contributed by atoms with E-state index in [1.807, 2.05) is 0 Å². The van der Waals surface area contributed by atoms with E-state index >= 15 is 0 Å². The van der Waals surface area contributed by atoms with Crippen LogP contribution in [-0.4, -0.2) is 6.54 Å². The average molecular weight is 242 g/mol. The zero-order valence-corrected chi connectivity index (χ0v) is 9.76. The first-order valence-electron chi connectivity index (χ1n) is 4.71. The summed E-state index contributed by atoms with van der Waals surface area (Å²) in [5, 5.41) is 3.40. The zero-order chi connectivity index (χ0) is 9.68. The highest BCUT2D eigenvalue weighted by molar-refractivity contribution is 9.10. The first-order chi connectivity index (χ1) is 6.22. The number of hydrogen-bond donors (Lipinski definition) is 1.